The summed E-state index contributed by atoms with van der Waals surface area (Å²) in [5.74, 6) is 0.717. The number of hydrogen-bond acceptors (Lipinski definition) is 3. The number of hydrogen-bond donors (Lipinski definition) is 2. The van der Waals surface area contributed by atoms with Crippen LogP contribution in [0.5, 0.6) is 5.75 Å². The number of ether oxygens (including phenoxy) is 1. The van der Waals surface area contributed by atoms with Gasteiger partial charge in [-0.15, -0.1) is 0 Å². The number of nitrogens with one attached hydrogen (secondary N) is 1. The maximum Gasteiger partial charge on any atom is 0.322 e. The second-order valence-corrected chi connectivity index (χ2v) is 5.36. The summed E-state index contributed by atoms with van der Waals surface area (Å²) in [7, 11) is 1.60. The molecule has 0 radical (unpaired) electrons. The zero-order chi connectivity index (χ0) is 15.5. The largest absolute Gasteiger partial charge is 0.497 e. The number of anilines is 2. The molecule has 1 aliphatic rings. The molecule has 0 fully saturated rings. The number of methoxy groups -OCH3 is 1. The second kappa shape index (κ2) is 5.97. The molecule has 0 spiro atoms. The highest BCUT2D eigenvalue weighted by Gasteiger charge is 2.20. The molecule has 5 heteroatoms. The molecule has 0 aromatic heterocycles. The minimum atomic E-state index is -0.110. The van der Waals surface area contributed by atoms with Crippen molar-refractivity contribution in [3.8, 4) is 5.75 Å². The van der Waals surface area contributed by atoms with Crippen LogP contribution in [0.25, 0.3) is 0 Å². The van der Waals surface area contributed by atoms with Crippen molar-refractivity contribution in [3.63, 3.8) is 0 Å². The first-order valence-corrected chi connectivity index (χ1v) is 7.23. The van der Waals surface area contributed by atoms with Gasteiger partial charge >= 0.3 is 6.03 Å². The Morgan fingerprint density at radius 3 is 2.91 bits per heavy atom. The third-order valence-corrected chi connectivity index (χ3v) is 3.85. The monoisotopic (exact) mass is 297 g/mol. The highest BCUT2D eigenvalue weighted by atomic mass is 16.5. The smallest absolute Gasteiger partial charge is 0.322 e. The van der Waals surface area contributed by atoms with Gasteiger partial charge < -0.3 is 20.7 Å². The maximum atomic E-state index is 12.4. The summed E-state index contributed by atoms with van der Waals surface area (Å²) in [6.45, 7) is 1.28. The Hall–Kier alpha value is -2.69. The molecular weight excluding hydrogens is 278 g/mol. The fraction of sp³-hybridized carbons (Fsp3) is 0.235. The molecule has 0 bridgehead atoms. The Kier molecular flexibility index (Phi) is 3.87. The van der Waals surface area contributed by atoms with Crippen molar-refractivity contribution >= 4 is 17.4 Å². The van der Waals surface area contributed by atoms with Crippen molar-refractivity contribution in [1.29, 1.82) is 0 Å². The molecule has 3 N–H and O–H groups in total. The third kappa shape index (κ3) is 2.98. The third-order valence-electron chi connectivity index (χ3n) is 3.85. The number of rotatable bonds is 2. The van der Waals surface area contributed by atoms with Crippen molar-refractivity contribution in [2.24, 2.45) is 0 Å². The number of fused-ring (bicyclic) bond motifs is 1. The van der Waals surface area contributed by atoms with E-state index in [0.29, 0.717) is 13.1 Å². The summed E-state index contributed by atoms with van der Waals surface area (Å²) >= 11 is 0. The van der Waals surface area contributed by atoms with E-state index in [-0.39, 0.29) is 6.03 Å². The van der Waals surface area contributed by atoms with Gasteiger partial charge in [-0.3, -0.25) is 0 Å². The summed E-state index contributed by atoms with van der Waals surface area (Å²) in [5.41, 5.74) is 9.66. The lowest BCUT2D eigenvalue weighted by Gasteiger charge is -2.29. The number of benzene rings is 2. The van der Waals surface area contributed by atoms with Gasteiger partial charge in [-0.2, -0.15) is 0 Å². The molecule has 0 saturated carbocycles. The number of nitrogens with two attached hydrogens (primary N) is 1. The van der Waals surface area contributed by atoms with E-state index in [4.69, 9.17) is 10.5 Å². The van der Waals surface area contributed by atoms with Crippen LogP contribution < -0.4 is 15.8 Å². The van der Waals surface area contributed by atoms with Gasteiger partial charge in [-0.1, -0.05) is 12.1 Å². The molecule has 3 rings (SSSR count). The van der Waals surface area contributed by atoms with Crippen molar-refractivity contribution in [3.05, 3.63) is 53.6 Å². The molecular formula is C17H19N3O2. The normalized spacial score (nSPS) is 13.4. The highest BCUT2D eigenvalue weighted by Crippen LogP contribution is 2.23. The molecule has 2 amide bonds. The maximum absolute atomic E-state index is 12.4. The average Bonchev–Trinajstić information content (AvgIpc) is 2.54. The summed E-state index contributed by atoms with van der Waals surface area (Å²) in [5, 5.41) is 2.91. The van der Waals surface area contributed by atoms with Crippen LogP contribution in [0.15, 0.2) is 42.5 Å². The van der Waals surface area contributed by atoms with E-state index >= 15 is 0 Å². The zero-order valence-electron chi connectivity index (χ0n) is 12.5. The number of amides is 2. The Labute approximate surface area is 129 Å². The molecule has 114 valence electrons. The first-order chi connectivity index (χ1) is 10.7. The number of carbonyl (C=O) groups is 1. The van der Waals surface area contributed by atoms with Crippen LogP contribution in [0.3, 0.4) is 0 Å². The van der Waals surface area contributed by atoms with Gasteiger partial charge in [0.15, 0.2) is 0 Å². The van der Waals surface area contributed by atoms with Crippen molar-refractivity contribution in [2.45, 2.75) is 13.0 Å². The van der Waals surface area contributed by atoms with Crippen LogP contribution in [0.1, 0.15) is 11.1 Å². The quantitative estimate of drug-likeness (QED) is 0.838. The molecule has 0 atom stereocenters. The number of urea groups is 1. The van der Waals surface area contributed by atoms with E-state index in [1.165, 1.54) is 5.56 Å². The summed E-state index contributed by atoms with van der Waals surface area (Å²) in [4.78, 5) is 14.2. The molecule has 2 aromatic carbocycles. The van der Waals surface area contributed by atoms with Crippen LogP contribution in [0.2, 0.25) is 0 Å². The first kappa shape index (κ1) is 14.3. The highest BCUT2D eigenvalue weighted by molar-refractivity contribution is 5.89. The van der Waals surface area contributed by atoms with Crippen LogP contribution in [0.4, 0.5) is 16.2 Å². The average molecular weight is 297 g/mol. The SMILES string of the molecule is COc1cccc(NC(=O)N2CCc3ccc(N)cc3C2)c1. The summed E-state index contributed by atoms with van der Waals surface area (Å²) in [6, 6.07) is 13.1. The molecule has 0 aliphatic carbocycles. The van der Waals surface area contributed by atoms with Crippen molar-refractivity contribution < 1.29 is 9.53 Å². The van der Waals surface area contributed by atoms with E-state index in [9.17, 15) is 4.79 Å². The Morgan fingerprint density at radius 2 is 2.09 bits per heavy atom. The van der Waals surface area contributed by atoms with E-state index in [2.05, 4.69) is 5.32 Å². The molecule has 1 heterocycles. The predicted octanol–water partition coefficient (Wildman–Crippen LogP) is 2.87. The van der Waals surface area contributed by atoms with E-state index in [1.54, 1.807) is 18.1 Å². The van der Waals surface area contributed by atoms with Crippen LogP contribution >= 0.6 is 0 Å². The van der Waals surface area contributed by atoms with Crippen LogP contribution in [-0.4, -0.2) is 24.6 Å². The van der Waals surface area contributed by atoms with Gasteiger partial charge in [0.05, 0.1) is 7.11 Å². The van der Waals surface area contributed by atoms with Gasteiger partial charge in [0.25, 0.3) is 0 Å². The fourth-order valence-corrected chi connectivity index (χ4v) is 2.65. The van der Waals surface area contributed by atoms with Gasteiger partial charge in [0.1, 0.15) is 5.75 Å². The lowest BCUT2D eigenvalue weighted by molar-refractivity contribution is 0.206. The Bertz CT molecular complexity index is 700. The van der Waals surface area contributed by atoms with Gasteiger partial charge in [0.2, 0.25) is 0 Å². The lowest BCUT2D eigenvalue weighted by Crippen LogP contribution is -2.38. The Balaban J connectivity index is 1.71. The number of carbonyl (C=O) groups excluding carboxylic acids is 1. The van der Waals surface area contributed by atoms with E-state index in [0.717, 1.165) is 29.1 Å². The predicted molar refractivity (Wildman–Crippen MR) is 87.0 cm³/mol. The first-order valence-electron chi connectivity index (χ1n) is 7.23. The second-order valence-electron chi connectivity index (χ2n) is 5.36. The van der Waals surface area contributed by atoms with Gasteiger partial charge in [0, 0.05) is 30.5 Å². The standard InChI is InChI=1S/C17H19N3O2/c1-22-16-4-2-3-15(10-16)19-17(21)20-8-7-12-5-6-14(18)9-13(12)11-20/h2-6,9-10H,7-8,11,18H2,1H3,(H,19,21). The number of nitrogen functional groups attached to an aromatic ring is 1. The Morgan fingerprint density at radius 1 is 1.23 bits per heavy atom. The molecule has 22 heavy (non-hydrogen) atoms. The van der Waals surface area contributed by atoms with Gasteiger partial charge in [-0.25, -0.2) is 4.79 Å². The van der Waals surface area contributed by atoms with Crippen molar-refractivity contribution in [1.82, 2.24) is 4.90 Å². The molecule has 5 nitrogen and oxygen atoms in total. The van der Waals surface area contributed by atoms with E-state index in [1.807, 2.05) is 36.4 Å². The topological polar surface area (TPSA) is 67.6 Å². The molecule has 2 aromatic rings. The minimum absolute atomic E-state index is 0.110. The minimum Gasteiger partial charge on any atom is -0.497 e. The van der Waals surface area contributed by atoms with Crippen LogP contribution in [0, 0.1) is 0 Å². The van der Waals surface area contributed by atoms with Crippen molar-refractivity contribution in [2.75, 3.05) is 24.7 Å². The number of nitrogens with zero attached hydrogens (tertiary/aromatic N) is 1. The van der Waals surface area contributed by atoms with Gasteiger partial charge in [-0.05, 0) is 41.8 Å². The fourth-order valence-electron chi connectivity index (χ4n) is 2.65. The van der Waals surface area contributed by atoms with Crippen LogP contribution in [-0.2, 0) is 13.0 Å². The summed E-state index contributed by atoms with van der Waals surface area (Å²) in [6.07, 6.45) is 0.848. The van der Waals surface area contributed by atoms with E-state index < -0.39 is 0 Å². The molecule has 1 aliphatic heterocycles. The molecule has 0 unspecified atom stereocenters. The summed E-state index contributed by atoms with van der Waals surface area (Å²) < 4.78 is 5.16. The zero-order valence-corrected chi connectivity index (χ0v) is 12.5. The molecule has 0 saturated heterocycles. The lowest BCUT2D eigenvalue weighted by atomic mass is 9.99.